The van der Waals surface area contributed by atoms with E-state index in [1.807, 2.05) is 29.6 Å². The van der Waals surface area contributed by atoms with Crippen molar-refractivity contribution in [2.45, 2.75) is 45.4 Å². The van der Waals surface area contributed by atoms with Gasteiger partial charge in [0.2, 0.25) is 0 Å². The number of hydrogen-bond donors (Lipinski definition) is 2. The summed E-state index contributed by atoms with van der Waals surface area (Å²) >= 11 is 1.59. The lowest BCUT2D eigenvalue weighted by molar-refractivity contribution is 0.223. The molecule has 6 nitrogen and oxygen atoms in total. The van der Waals surface area contributed by atoms with Crippen LogP contribution in [0.1, 0.15) is 27.2 Å². The molecule has 1 aliphatic rings. The molecule has 3 heterocycles. The van der Waals surface area contributed by atoms with Crippen molar-refractivity contribution in [1.29, 1.82) is 0 Å². The second kappa shape index (κ2) is 7.93. The van der Waals surface area contributed by atoms with Gasteiger partial charge in [0.25, 0.3) is 0 Å². The van der Waals surface area contributed by atoms with E-state index in [4.69, 9.17) is 19.4 Å². The highest BCUT2D eigenvalue weighted by molar-refractivity contribution is 7.14. The van der Waals surface area contributed by atoms with Crippen LogP contribution in [0.25, 0.3) is 22.3 Å². The molecule has 148 valence electrons. The molecule has 0 aliphatic carbocycles. The lowest BCUT2D eigenvalue weighted by atomic mass is 10.1. The minimum absolute atomic E-state index is 0.157. The zero-order valence-electron chi connectivity index (χ0n) is 16.7. The third-order valence-electron chi connectivity index (χ3n) is 4.76. The number of pyridine rings is 1. The van der Waals surface area contributed by atoms with Gasteiger partial charge in [-0.2, -0.15) is 0 Å². The van der Waals surface area contributed by atoms with Crippen LogP contribution in [-0.4, -0.2) is 41.8 Å². The number of aromatic nitrogens is 2. The molecule has 1 fully saturated rings. The molecule has 0 spiro atoms. The first-order valence-electron chi connectivity index (χ1n) is 9.63. The smallest absolute Gasteiger partial charge is 0.183 e. The second-order valence-electron chi connectivity index (χ2n) is 7.51. The topological polar surface area (TPSA) is 68.3 Å². The zero-order chi connectivity index (χ0) is 19.7. The Kier molecular flexibility index (Phi) is 5.37. The largest absolute Gasteiger partial charge is 0.497 e. The number of nitrogens with zero attached hydrogens (tertiary/aromatic N) is 2. The van der Waals surface area contributed by atoms with Gasteiger partial charge in [0.1, 0.15) is 23.3 Å². The normalized spacial score (nSPS) is 19.3. The van der Waals surface area contributed by atoms with Crippen LogP contribution in [0.15, 0.2) is 29.6 Å². The first-order chi connectivity index (χ1) is 13.5. The van der Waals surface area contributed by atoms with E-state index in [-0.39, 0.29) is 6.10 Å². The van der Waals surface area contributed by atoms with Crippen LogP contribution in [0.5, 0.6) is 11.5 Å². The number of thiazole rings is 1. The van der Waals surface area contributed by atoms with Crippen molar-refractivity contribution in [3.63, 3.8) is 0 Å². The van der Waals surface area contributed by atoms with Gasteiger partial charge >= 0.3 is 0 Å². The summed E-state index contributed by atoms with van der Waals surface area (Å²) in [6.07, 6.45) is 1.15. The van der Waals surface area contributed by atoms with E-state index in [0.29, 0.717) is 12.1 Å². The Balaban J connectivity index is 1.74. The van der Waals surface area contributed by atoms with Crippen LogP contribution in [0, 0.1) is 0 Å². The van der Waals surface area contributed by atoms with Gasteiger partial charge in [-0.1, -0.05) is 0 Å². The van der Waals surface area contributed by atoms with Crippen molar-refractivity contribution in [1.82, 2.24) is 15.3 Å². The van der Waals surface area contributed by atoms with Crippen molar-refractivity contribution in [2.75, 3.05) is 19.0 Å². The minimum Gasteiger partial charge on any atom is -0.497 e. The minimum atomic E-state index is 0.157. The predicted molar refractivity (Wildman–Crippen MR) is 115 cm³/mol. The lowest BCUT2D eigenvalue weighted by Crippen LogP contribution is -2.20. The number of methoxy groups -OCH3 is 1. The Hall–Kier alpha value is -2.38. The number of rotatable bonds is 6. The Morgan fingerprint density at radius 1 is 1.21 bits per heavy atom. The molecule has 0 amide bonds. The summed E-state index contributed by atoms with van der Waals surface area (Å²) in [5.41, 5.74) is 2.50. The summed E-state index contributed by atoms with van der Waals surface area (Å²) in [6.45, 7) is 7.24. The third-order valence-corrected chi connectivity index (χ3v) is 5.54. The fourth-order valence-corrected chi connectivity index (χ4v) is 4.25. The number of anilines is 1. The van der Waals surface area contributed by atoms with E-state index in [1.54, 1.807) is 18.4 Å². The molecule has 28 heavy (non-hydrogen) atoms. The second-order valence-corrected chi connectivity index (χ2v) is 8.37. The fourth-order valence-electron chi connectivity index (χ4n) is 3.40. The summed E-state index contributed by atoms with van der Waals surface area (Å²) in [7, 11) is 1.66. The number of benzene rings is 1. The first kappa shape index (κ1) is 19.0. The highest BCUT2D eigenvalue weighted by Crippen LogP contribution is 2.34. The molecule has 4 rings (SSSR count). The van der Waals surface area contributed by atoms with E-state index in [9.17, 15) is 0 Å². The lowest BCUT2D eigenvalue weighted by Gasteiger charge is -2.16. The number of nitrogens with one attached hydrogen (secondary N) is 2. The van der Waals surface area contributed by atoms with Crippen molar-refractivity contribution in [3.8, 4) is 22.9 Å². The molecule has 1 aliphatic heterocycles. The predicted octanol–water partition coefficient (Wildman–Crippen LogP) is 4.32. The molecule has 1 saturated heterocycles. The molecule has 0 radical (unpaired) electrons. The summed E-state index contributed by atoms with van der Waals surface area (Å²) in [4.78, 5) is 9.54. The van der Waals surface area contributed by atoms with Gasteiger partial charge in [-0.15, -0.1) is 11.3 Å². The van der Waals surface area contributed by atoms with Crippen LogP contribution in [-0.2, 0) is 0 Å². The quantitative estimate of drug-likeness (QED) is 0.645. The van der Waals surface area contributed by atoms with Crippen molar-refractivity contribution in [3.05, 3.63) is 29.6 Å². The summed E-state index contributed by atoms with van der Waals surface area (Å²) in [5.74, 6) is 1.62. The van der Waals surface area contributed by atoms with Crippen LogP contribution < -0.4 is 20.1 Å². The monoisotopic (exact) mass is 398 g/mol. The SMILES string of the molecule is COc1ccc2c(OC3CNC(C)C3)cc(-c3csc(NC(C)C)n3)nc2c1. The van der Waals surface area contributed by atoms with Crippen molar-refractivity contribution in [2.24, 2.45) is 0 Å². The highest BCUT2D eigenvalue weighted by Gasteiger charge is 2.23. The van der Waals surface area contributed by atoms with E-state index < -0.39 is 0 Å². The van der Waals surface area contributed by atoms with Gasteiger partial charge in [-0.05, 0) is 32.9 Å². The molecule has 2 N–H and O–H groups in total. The fraction of sp³-hybridized carbons (Fsp3) is 0.429. The maximum absolute atomic E-state index is 6.38. The highest BCUT2D eigenvalue weighted by atomic mass is 32.1. The maximum Gasteiger partial charge on any atom is 0.183 e. The molecule has 3 aromatic rings. The Morgan fingerprint density at radius 3 is 2.79 bits per heavy atom. The summed E-state index contributed by atoms with van der Waals surface area (Å²) in [5, 5.41) is 10.7. The van der Waals surface area contributed by atoms with E-state index in [0.717, 1.165) is 51.9 Å². The van der Waals surface area contributed by atoms with E-state index in [1.165, 1.54) is 0 Å². The number of hydrogen-bond acceptors (Lipinski definition) is 7. The average Bonchev–Trinajstić information content (AvgIpc) is 3.29. The van der Waals surface area contributed by atoms with Gasteiger partial charge in [-0.25, -0.2) is 9.97 Å². The van der Waals surface area contributed by atoms with Gasteiger partial charge in [-0.3, -0.25) is 0 Å². The molecular weight excluding hydrogens is 372 g/mol. The van der Waals surface area contributed by atoms with Gasteiger partial charge < -0.3 is 20.1 Å². The molecule has 0 bridgehead atoms. The van der Waals surface area contributed by atoms with Crippen LogP contribution in [0.3, 0.4) is 0 Å². The molecule has 2 aromatic heterocycles. The van der Waals surface area contributed by atoms with Gasteiger partial charge in [0.05, 0.1) is 18.3 Å². The Bertz CT molecular complexity index is 972. The molecule has 2 unspecified atom stereocenters. The van der Waals surface area contributed by atoms with Crippen LogP contribution >= 0.6 is 11.3 Å². The Labute approximate surface area is 169 Å². The standard InChI is InChI=1S/C21H26N4O2S/c1-12(2)23-21-25-19(11-28-21)18-9-20(27-15-7-13(3)22-10-15)16-6-5-14(26-4)8-17(16)24-18/h5-6,8-9,11-13,15,22H,7,10H2,1-4H3,(H,23,25). The molecule has 0 saturated carbocycles. The number of fused-ring (bicyclic) bond motifs is 1. The Morgan fingerprint density at radius 2 is 2.07 bits per heavy atom. The van der Waals surface area contributed by atoms with Crippen molar-refractivity contribution < 1.29 is 9.47 Å². The summed E-state index contributed by atoms with van der Waals surface area (Å²) < 4.78 is 11.8. The molecular formula is C21H26N4O2S. The van der Waals surface area contributed by atoms with E-state index >= 15 is 0 Å². The maximum atomic E-state index is 6.38. The number of ether oxygens (including phenoxy) is 2. The van der Waals surface area contributed by atoms with Crippen molar-refractivity contribution >= 4 is 27.4 Å². The molecule has 7 heteroatoms. The van der Waals surface area contributed by atoms with Gasteiger partial charge in [0.15, 0.2) is 5.13 Å². The average molecular weight is 399 g/mol. The van der Waals surface area contributed by atoms with E-state index in [2.05, 4.69) is 31.4 Å². The summed E-state index contributed by atoms with van der Waals surface area (Å²) in [6, 6.07) is 8.72. The van der Waals surface area contributed by atoms with Crippen LogP contribution in [0.2, 0.25) is 0 Å². The first-order valence-corrected chi connectivity index (χ1v) is 10.5. The molecule has 2 atom stereocenters. The van der Waals surface area contributed by atoms with Crippen LogP contribution in [0.4, 0.5) is 5.13 Å². The third kappa shape index (κ3) is 4.05. The zero-order valence-corrected chi connectivity index (χ0v) is 17.5. The van der Waals surface area contributed by atoms with Gasteiger partial charge in [0, 0.05) is 47.9 Å². The molecule has 1 aromatic carbocycles.